The number of hydrogen-bond donors (Lipinski definition) is 2. The van der Waals surface area contributed by atoms with E-state index in [9.17, 15) is 13.2 Å². The summed E-state index contributed by atoms with van der Waals surface area (Å²) < 4.78 is 26.6. The van der Waals surface area contributed by atoms with E-state index in [-0.39, 0.29) is 18.3 Å². The maximum atomic E-state index is 12.6. The first kappa shape index (κ1) is 15.8. The summed E-state index contributed by atoms with van der Waals surface area (Å²) in [5.41, 5.74) is 12.2. The van der Waals surface area contributed by atoms with Gasteiger partial charge in [-0.05, 0) is 37.5 Å². The number of anilines is 1. The third-order valence-electron chi connectivity index (χ3n) is 3.88. The molecule has 1 aromatic carbocycles. The van der Waals surface area contributed by atoms with Crippen molar-refractivity contribution < 1.29 is 13.2 Å². The fraction of sp³-hybridized carbons (Fsp3) is 0.500. The summed E-state index contributed by atoms with van der Waals surface area (Å²) in [6, 6.07) is 6.70. The lowest BCUT2D eigenvalue weighted by Crippen LogP contribution is -2.48. The number of hydrogen-bond acceptors (Lipinski definition) is 4. The Morgan fingerprint density at radius 3 is 2.71 bits per heavy atom. The zero-order valence-electron chi connectivity index (χ0n) is 12.0. The molecule has 6 nitrogen and oxygen atoms in total. The zero-order chi connectivity index (χ0) is 15.6. The number of primary amides is 1. The smallest absolute Gasteiger partial charge is 0.221 e. The molecule has 2 atom stereocenters. The van der Waals surface area contributed by atoms with Gasteiger partial charge in [-0.3, -0.25) is 4.79 Å². The van der Waals surface area contributed by atoms with Gasteiger partial charge in [-0.25, -0.2) is 8.42 Å². The average Bonchev–Trinajstić information content (AvgIpc) is 2.38. The van der Waals surface area contributed by atoms with Crippen molar-refractivity contribution >= 4 is 21.6 Å². The predicted octanol–water partition coefficient (Wildman–Crippen LogP) is 0.684. The molecule has 21 heavy (non-hydrogen) atoms. The Hall–Kier alpha value is -1.60. The van der Waals surface area contributed by atoms with Crippen molar-refractivity contribution in [3.63, 3.8) is 0 Å². The van der Waals surface area contributed by atoms with E-state index in [2.05, 4.69) is 0 Å². The summed E-state index contributed by atoms with van der Waals surface area (Å²) >= 11 is 0. The summed E-state index contributed by atoms with van der Waals surface area (Å²) in [5.74, 6) is -0.962. The van der Waals surface area contributed by atoms with Crippen LogP contribution in [0.3, 0.4) is 0 Å². The number of piperidine rings is 1. The summed E-state index contributed by atoms with van der Waals surface area (Å²) in [5, 5.41) is 0. The monoisotopic (exact) mass is 311 g/mol. The molecule has 1 aliphatic heterocycles. The molecule has 1 heterocycles. The van der Waals surface area contributed by atoms with E-state index in [1.54, 1.807) is 24.3 Å². The Morgan fingerprint density at radius 1 is 1.38 bits per heavy atom. The van der Waals surface area contributed by atoms with Crippen LogP contribution in [0.5, 0.6) is 0 Å². The molecule has 0 spiro atoms. The molecular weight excluding hydrogens is 290 g/mol. The molecule has 1 aliphatic rings. The van der Waals surface area contributed by atoms with E-state index in [1.807, 2.05) is 6.92 Å². The van der Waals surface area contributed by atoms with Gasteiger partial charge in [0.2, 0.25) is 15.9 Å². The van der Waals surface area contributed by atoms with Gasteiger partial charge in [-0.15, -0.1) is 0 Å². The lowest BCUT2D eigenvalue weighted by Gasteiger charge is -2.35. The number of sulfonamides is 1. The molecule has 1 aromatic rings. The second-order valence-electron chi connectivity index (χ2n) is 5.60. The van der Waals surface area contributed by atoms with Crippen LogP contribution in [0.15, 0.2) is 24.3 Å². The van der Waals surface area contributed by atoms with Crippen molar-refractivity contribution in [3.8, 4) is 0 Å². The van der Waals surface area contributed by atoms with Crippen LogP contribution in [-0.4, -0.2) is 31.2 Å². The Bertz CT molecular complexity index is 630. The number of carbonyl (C=O) groups excluding carboxylic acids is 1. The Labute approximate surface area is 125 Å². The molecule has 0 bridgehead atoms. The topological polar surface area (TPSA) is 106 Å². The fourth-order valence-electron chi connectivity index (χ4n) is 2.67. The highest BCUT2D eigenvalue weighted by Crippen LogP contribution is 2.26. The molecule has 0 saturated carbocycles. The number of nitrogens with zero attached hydrogens (tertiary/aromatic N) is 1. The van der Waals surface area contributed by atoms with Crippen LogP contribution in [0, 0.1) is 5.92 Å². The highest BCUT2D eigenvalue weighted by molar-refractivity contribution is 7.88. The van der Waals surface area contributed by atoms with Gasteiger partial charge in [0.05, 0.1) is 11.7 Å². The molecule has 1 fully saturated rings. The highest BCUT2D eigenvalue weighted by Gasteiger charge is 2.35. The molecule has 4 N–H and O–H groups in total. The van der Waals surface area contributed by atoms with Crippen LogP contribution in [0.1, 0.15) is 25.3 Å². The van der Waals surface area contributed by atoms with E-state index in [0.29, 0.717) is 24.1 Å². The van der Waals surface area contributed by atoms with E-state index in [1.165, 1.54) is 4.31 Å². The third kappa shape index (κ3) is 3.74. The first-order valence-electron chi connectivity index (χ1n) is 6.93. The van der Waals surface area contributed by atoms with Gasteiger partial charge in [0.15, 0.2) is 0 Å². The first-order chi connectivity index (χ1) is 9.79. The quantitative estimate of drug-likeness (QED) is 0.797. The van der Waals surface area contributed by atoms with E-state index in [4.69, 9.17) is 11.5 Å². The van der Waals surface area contributed by atoms with Crippen LogP contribution in [0.2, 0.25) is 0 Å². The minimum absolute atomic E-state index is 0.117. The van der Waals surface area contributed by atoms with Crippen molar-refractivity contribution in [2.45, 2.75) is 31.6 Å². The van der Waals surface area contributed by atoms with Crippen molar-refractivity contribution in [3.05, 3.63) is 29.8 Å². The SMILES string of the molecule is CC1CCC(C(N)=O)CN1S(=O)(=O)Cc1cccc(N)c1. The first-order valence-corrected chi connectivity index (χ1v) is 8.54. The lowest BCUT2D eigenvalue weighted by atomic mass is 9.95. The van der Waals surface area contributed by atoms with Crippen molar-refractivity contribution in [2.75, 3.05) is 12.3 Å². The lowest BCUT2D eigenvalue weighted by molar-refractivity contribution is -0.123. The number of carbonyl (C=O) groups is 1. The summed E-state index contributed by atoms with van der Waals surface area (Å²) in [7, 11) is -3.50. The van der Waals surface area contributed by atoms with Gasteiger partial charge in [-0.1, -0.05) is 12.1 Å². The molecule has 2 unspecified atom stereocenters. The van der Waals surface area contributed by atoms with Crippen molar-refractivity contribution in [1.82, 2.24) is 4.31 Å². The molecule has 0 radical (unpaired) electrons. The number of nitrogen functional groups attached to an aromatic ring is 1. The van der Waals surface area contributed by atoms with Crippen LogP contribution < -0.4 is 11.5 Å². The zero-order valence-corrected chi connectivity index (χ0v) is 12.8. The molecule has 1 saturated heterocycles. The van der Waals surface area contributed by atoms with Gasteiger partial charge < -0.3 is 11.5 Å². The van der Waals surface area contributed by atoms with Crippen LogP contribution in [-0.2, 0) is 20.6 Å². The van der Waals surface area contributed by atoms with Gasteiger partial charge in [-0.2, -0.15) is 4.31 Å². The van der Waals surface area contributed by atoms with Gasteiger partial charge in [0.1, 0.15) is 0 Å². The number of rotatable bonds is 4. The normalized spacial score (nSPS) is 23.9. The van der Waals surface area contributed by atoms with Crippen molar-refractivity contribution in [2.24, 2.45) is 11.7 Å². The van der Waals surface area contributed by atoms with Crippen molar-refractivity contribution in [1.29, 1.82) is 0 Å². The Balaban J connectivity index is 2.19. The van der Waals surface area contributed by atoms with Crippen LogP contribution in [0.25, 0.3) is 0 Å². The van der Waals surface area contributed by atoms with Crippen LogP contribution >= 0.6 is 0 Å². The average molecular weight is 311 g/mol. The predicted molar refractivity (Wildman–Crippen MR) is 81.6 cm³/mol. The van der Waals surface area contributed by atoms with E-state index < -0.39 is 21.8 Å². The molecule has 1 amide bonds. The number of amides is 1. The minimum Gasteiger partial charge on any atom is -0.399 e. The third-order valence-corrected chi connectivity index (χ3v) is 5.81. The molecule has 2 rings (SSSR count). The fourth-order valence-corrected chi connectivity index (χ4v) is 4.50. The Kier molecular flexibility index (Phi) is 4.53. The highest BCUT2D eigenvalue weighted by atomic mass is 32.2. The summed E-state index contributed by atoms with van der Waals surface area (Å²) in [6.07, 6.45) is 1.28. The molecule has 0 aliphatic carbocycles. The molecule has 0 aromatic heterocycles. The second-order valence-corrected chi connectivity index (χ2v) is 7.52. The van der Waals surface area contributed by atoms with E-state index in [0.717, 1.165) is 0 Å². The van der Waals surface area contributed by atoms with Gasteiger partial charge in [0, 0.05) is 18.3 Å². The van der Waals surface area contributed by atoms with Gasteiger partial charge in [0.25, 0.3) is 0 Å². The number of nitrogens with two attached hydrogens (primary N) is 2. The summed E-state index contributed by atoms with van der Waals surface area (Å²) in [6.45, 7) is 2.02. The van der Waals surface area contributed by atoms with Crippen LogP contribution in [0.4, 0.5) is 5.69 Å². The largest absolute Gasteiger partial charge is 0.399 e. The summed E-state index contributed by atoms with van der Waals surface area (Å²) in [4.78, 5) is 11.3. The number of benzene rings is 1. The second kappa shape index (κ2) is 6.03. The van der Waals surface area contributed by atoms with E-state index >= 15 is 0 Å². The maximum absolute atomic E-state index is 12.6. The standard InChI is InChI=1S/C14H21N3O3S/c1-10-5-6-12(14(16)18)8-17(10)21(19,20)9-11-3-2-4-13(15)7-11/h2-4,7,10,12H,5-6,8-9,15H2,1H3,(H2,16,18). The Morgan fingerprint density at radius 2 is 2.10 bits per heavy atom. The molecular formula is C14H21N3O3S. The maximum Gasteiger partial charge on any atom is 0.221 e. The van der Waals surface area contributed by atoms with Gasteiger partial charge >= 0.3 is 0 Å². The minimum atomic E-state index is -3.50. The molecule has 116 valence electrons. The molecule has 7 heteroatoms.